The number of anilines is 1. The van der Waals surface area contributed by atoms with Crippen molar-refractivity contribution in [3.8, 4) is 11.5 Å². The second-order valence-corrected chi connectivity index (χ2v) is 5.64. The lowest BCUT2D eigenvalue weighted by Crippen LogP contribution is -2.23. The molecule has 24 heavy (non-hydrogen) atoms. The van der Waals surface area contributed by atoms with E-state index >= 15 is 0 Å². The highest BCUT2D eigenvalue weighted by atomic mass is 16.5. The quantitative estimate of drug-likeness (QED) is 0.631. The lowest BCUT2D eigenvalue weighted by molar-refractivity contribution is 0.405. The van der Waals surface area contributed by atoms with Gasteiger partial charge >= 0.3 is 0 Å². The molecule has 2 aromatic rings. The van der Waals surface area contributed by atoms with E-state index < -0.39 is 0 Å². The standard InChI is InChI=1S/C19H25N3O2/c1-13-5-6-15(14(2)11-13)9-10-21-19(20)22-17-12-16(23-3)7-8-18(17)24-4/h5-8,11-12H,9-10H2,1-4H3,(H3,20,21,22). The maximum Gasteiger partial charge on any atom is 0.193 e. The first-order valence-corrected chi connectivity index (χ1v) is 7.88. The fourth-order valence-electron chi connectivity index (χ4n) is 2.51. The maximum atomic E-state index is 5.99. The molecule has 0 saturated heterocycles. The first-order valence-electron chi connectivity index (χ1n) is 7.88. The molecule has 0 bridgehead atoms. The Bertz CT molecular complexity index is 727. The van der Waals surface area contributed by atoms with Crippen molar-refractivity contribution in [2.24, 2.45) is 10.7 Å². The number of methoxy groups -OCH3 is 2. The SMILES string of the molecule is COc1ccc(OC)c(NC(N)=NCCc2ccc(C)cc2C)c1. The molecule has 2 rings (SSSR count). The molecule has 5 heteroatoms. The fraction of sp³-hybridized carbons (Fsp3) is 0.316. The highest BCUT2D eigenvalue weighted by Gasteiger charge is 2.06. The molecule has 0 radical (unpaired) electrons. The predicted molar refractivity (Wildman–Crippen MR) is 99.3 cm³/mol. The van der Waals surface area contributed by atoms with Crippen molar-refractivity contribution < 1.29 is 9.47 Å². The molecule has 0 unspecified atom stereocenters. The second-order valence-electron chi connectivity index (χ2n) is 5.64. The van der Waals surface area contributed by atoms with Crippen molar-refractivity contribution in [3.63, 3.8) is 0 Å². The number of hydrogen-bond acceptors (Lipinski definition) is 3. The lowest BCUT2D eigenvalue weighted by Gasteiger charge is -2.12. The van der Waals surface area contributed by atoms with Crippen LogP contribution < -0.4 is 20.5 Å². The Balaban J connectivity index is 2.01. The van der Waals surface area contributed by atoms with E-state index in [2.05, 4.69) is 42.4 Å². The summed E-state index contributed by atoms with van der Waals surface area (Å²) < 4.78 is 10.5. The number of nitrogens with zero attached hydrogens (tertiary/aromatic N) is 1. The summed E-state index contributed by atoms with van der Waals surface area (Å²) in [6.07, 6.45) is 0.851. The van der Waals surface area contributed by atoms with Crippen LogP contribution in [0.4, 0.5) is 5.69 Å². The number of rotatable bonds is 6. The number of aliphatic imine (C=N–C) groups is 1. The van der Waals surface area contributed by atoms with Crippen molar-refractivity contribution in [2.75, 3.05) is 26.1 Å². The zero-order valence-electron chi connectivity index (χ0n) is 14.7. The van der Waals surface area contributed by atoms with Crippen LogP contribution in [0.25, 0.3) is 0 Å². The summed E-state index contributed by atoms with van der Waals surface area (Å²) in [5.41, 5.74) is 10.6. The van der Waals surface area contributed by atoms with E-state index in [1.165, 1.54) is 16.7 Å². The van der Waals surface area contributed by atoms with Gasteiger partial charge in [-0.25, -0.2) is 0 Å². The number of guanidine groups is 1. The first kappa shape index (κ1) is 17.7. The van der Waals surface area contributed by atoms with Crippen molar-refractivity contribution in [1.82, 2.24) is 0 Å². The molecule has 0 amide bonds. The van der Waals surface area contributed by atoms with Gasteiger partial charge < -0.3 is 20.5 Å². The Hall–Kier alpha value is -2.69. The van der Waals surface area contributed by atoms with Crippen molar-refractivity contribution in [3.05, 3.63) is 53.1 Å². The second kappa shape index (κ2) is 8.24. The molecule has 0 spiro atoms. The van der Waals surface area contributed by atoms with Gasteiger partial charge in [0.2, 0.25) is 0 Å². The van der Waals surface area contributed by atoms with Crippen LogP contribution in [0.2, 0.25) is 0 Å². The van der Waals surface area contributed by atoms with Crippen molar-refractivity contribution >= 4 is 11.6 Å². The largest absolute Gasteiger partial charge is 0.497 e. The van der Waals surface area contributed by atoms with Gasteiger partial charge in [0.1, 0.15) is 11.5 Å². The van der Waals surface area contributed by atoms with Gasteiger partial charge in [0.25, 0.3) is 0 Å². The van der Waals surface area contributed by atoms with E-state index in [-0.39, 0.29) is 0 Å². The molecule has 0 aromatic heterocycles. The van der Waals surface area contributed by atoms with Crippen LogP contribution >= 0.6 is 0 Å². The molecule has 0 aliphatic rings. The predicted octanol–water partition coefficient (Wildman–Crippen LogP) is 3.29. The Kier molecular flexibility index (Phi) is 6.07. The van der Waals surface area contributed by atoms with Gasteiger partial charge in [0, 0.05) is 12.6 Å². The van der Waals surface area contributed by atoms with Crippen LogP contribution in [-0.2, 0) is 6.42 Å². The topological polar surface area (TPSA) is 68.9 Å². The molecular formula is C19H25N3O2. The minimum absolute atomic E-state index is 0.353. The van der Waals surface area contributed by atoms with E-state index in [1.807, 2.05) is 18.2 Å². The molecule has 2 aromatic carbocycles. The van der Waals surface area contributed by atoms with Crippen LogP contribution in [0.3, 0.4) is 0 Å². The van der Waals surface area contributed by atoms with Gasteiger partial charge in [0.05, 0.1) is 19.9 Å². The van der Waals surface area contributed by atoms with Gasteiger partial charge in [0.15, 0.2) is 5.96 Å². The third-order valence-corrected chi connectivity index (χ3v) is 3.83. The summed E-state index contributed by atoms with van der Waals surface area (Å²) in [7, 11) is 3.23. The van der Waals surface area contributed by atoms with E-state index in [0.29, 0.717) is 18.3 Å². The maximum absolute atomic E-state index is 5.99. The van der Waals surface area contributed by atoms with Gasteiger partial charge in [-0.1, -0.05) is 23.8 Å². The number of ether oxygens (including phenoxy) is 2. The number of nitrogens with two attached hydrogens (primary N) is 1. The Morgan fingerprint density at radius 3 is 2.54 bits per heavy atom. The van der Waals surface area contributed by atoms with Gasteiger partial charge in [-0.2, -0.15) is 0 Å². The third-order valence-electron chi connectivity index (χ3n) is 3.83. The third kappa shape index (κ3) is 4.65. The molecule has 0 fully saturated rings. The Labute approximate surface area is 143 Å². The minimum Gasteiger partial charge on any atom is -0.497 e. The van der Waals surface area contributed by atoms with E-state index in [4.69, 9.17) is 15.2 Å². The van der Waals surface area contributed by atoms with E-state index in [9.17, 15) is 0 Å². The van der Waals surface area contributed by atoms with Crippen molar-refractivity contribution in [2.45, 2.75) is 20.3 Å². The molecule has 5 nitrogen and oxygen atoms in total. The van der Waals surface area contributed by atoms with E-state index in [1.54, 1.807) is 14.2 Å². The number of hydrogen-bond donors (Lipinski definition) is 2. The van der Waals surface area contributed by atoms with Crippen LogP contribution in [0.5, 0.6) is 11.5 Å². The van der Waals surface area contributed by atoms with Gasteiger partial charge in [-0.05, 0) is 43.5 Å². The molecule has 128 valence electrons. The molecule has 3 N–H and O–H groups in total. The highest BCUT2D eigenvalue weighted by Crippen LogP contribution is 2.28. The fourth-order valence-corrected chi connectivity index (χ4v) is 2.51. The van der Waals surface area contributed by atoms with Gasteiger partial charge in [-0.15, -0.1) is 0 Å². The number of nitrogens with one attached hydrogen (secondary N) is 1. The molecule has 0 atom stereocenters. The van der Waals surface area contributed by atoms with Crippen LogP contribution in [0, 0.1) is 13.8 Å². The van der Waals surface area contributed by atoms with Gasteiger partial charge in [-0.3, -0.25) is 4.99 Å². The smallest absolute Gasteiger partial charge is 0.193 e. The van der Waals surface area contributed by atoms with Crippen LogP contribution in [0.1, 0.15) is 16.7 Å². The average Bonchev–Trinajstić information content (AvgIpc) is 2.56. The zero-order valence-corrected chi connectivity index (χ0v) is 14.7. The summed E-state index contributed by atoms with van der Waals surface area (Å²) in [5, 5.41) is 3.07. The van der Waals surface area contributed by atoms with Crippen LogP contribution in [0.15, 0.2) is 41.4 Å². The molecule has 0 saturated carbocycles. The first-order chi connectivity index (χ1) is 11.5. The normalized spacial score (nSPS) is 11.2. The molecular weight excluding hydrogens is 302 g/mol. The summed E-state index contributed by atoms with van der Waals surface area (Å²) in [4.78, 5) is 4.40. The highest BCUT2D eigenvalue weighted by molar-refractivity contribution is 5.94. The lowest BCUT2D eigenvalue weighted by atomic mass is 10.0. The van der Waals surface area contributed by atoms with E-state index in [0.717, 1.165) is 17.9 Å². The van der Waals surface area contributed by atoms with Crippen molar-refractivity contribution in [1.29, 1.82) is 0 Å². The Morgan fingerprint density at radius 2 is 1.88 bits per heavy atom. The monoisotopic (exact) mass is 327 g/mol. The molecule has 0 aliphatic heterocycles. The Morgan fingerprint density at radius 1 is 1.08 bits per heavy atom. The summed E-state index contributed by atoms with van der Waals surface area (Å²) >= 11 is 0. The zero-order chi connectivity index (χ0) is 17.5. The summed E-state index contributed by atoms with van der Waals surface area (Å²) in [6.45, 7) is 4.84. The summed E-state index contributed by atoms with van der Waals surface area (Å²) in [5.74, 6) is 1.76. The molecule has 0 aliphatic carbocycles. The average molecular weight is 327 g/mol. The van der Waals surface area contributed by atoms with Crippen LogP contribution in [-0.4, -0.2) is 26.7 Å². The minimum atomic E-state index is 0.353. The number of aryl methyl sites for hydroxylation is 2. The number of benzene rings is 2. The summed E-state index contributed by atoms with van der Waals surface area (Å²) in [6, 6.07) is 11.9. The molecule has 0 heterocycles.